The molecule has 2 nitrogen and oxygen atoms in total. The molecule has 102 valence electrons. The van der Waals surface area contributed by atoms with Crippen LogP contribution in [-0.2, 0) is 6.42 Å². The average Bonchev–Trinajstić information content (AvgIpc) is 2.83. The third-order valence-corrected chi connectivity index (χ3v) is 4.59. The van der Waals surface area contributed by atoms with Gasteiger partial charge >= 0.3 is 0 Å². The molecule has 20 heavy (non-hydrogen) atoms. The Morgan fingerprint density at radius 1 is 1.05 bits per heavy atom. The van der Waals surface area contributed by atoms with E-state index >= 15 is 0 Å². The van der Waals surface area contributed by atoms with Gasteiger partial charge in [-0.2, -0.15) is 0 Å². The van der Waals surface area contributed by atoms with E-state index in [4.69, 9.17) is 0 Å². The summed E-state index contributed by atoms with van der Waals surface area (Å²) < 4.78 is 2.81. The van der Waals surface area contributed by atoms with E-state index in [0.29, 0.717) is 0 Å². The average molecular weight is 283 g/mol. The van der Waals surface area contributed by atoms with Crippen LogP contribution in [0.4, 0.5) is 0 Å². The second kappa shape index (κ2) is 5.63. The summed E-state index contributed by atoms with van der Waals surface area (Å²) in [6.07, 6.45) is 3.53. The lowest BCUT2D eigenvalue weighted by atomic mass is 10.1. The van der Waals surface area contributed by atoms with Crippen molar-refractivity contribution in [1.82, 2.24) is 3.96 Å². The minimum atomic E-state index is 0.0758. The lowest BCUT2D eigenvalue weighted by Gasteiger charge is -2.03. The number of aromatic nitrogens is 1. The summed E-state index contributed by atoms with van der Waals surface area (Å²) in [5, 5.41) is 0.799. The van der Waals surface area contributed by atoms with Crippen molar-refractivity contribution in [3.05, 3.63) is 64.4 Å². The molecule has 0 N–H and O–H groups in total. The molecule has 0 aliphatic heterocycles. The zero-order valence-corrected chi connectivity index (χ0v) is 12.3. The number of benzene rings is 2. The Morgan fingerprint density at radius 3 is 2.50 bits per heavy atom. The van der Waals surface area contributed by atoms with Crippen LogP contribution in [0.15, 0.2) is 53.3 Å². The van der Waals surface area contributed by atoms with E-state index in [0.717, 1.165) is 22.2 Å². The van der Waals surface area contributed by atoms with E-state index < -0.39 is 0 Å². The van der Waals surface area contributed by atoms with Crippen molar-refractivity contribution in [3.8, 4) is 5.69 Å². The summed E-state index contributed by atoms with van der Waals surface area (Å²) in [6, 6.07) is 16.1. The predicted molar refractivity (Wildman–Crippen MR) is 86.0 cm³/mol. The Kier molecular flexibility index (Phi) is 3.70. The normalized spacial score (nSPS) is 11.1. The SMILES string of the molecule is CCCCc1ccc(-n2sc3ccccc3c2=O)cc1. The molecule has 1 heterocycles. The molecule has 0 spiro atoms. The highest BCUT2D eigenvalue weighted by molar-refractivity contribution is 7.14. The van der Waals surface area contributed by atoms with E-state index in [-0.39, 0.29) is 5.56 Å². The van der Waals surface area contributed by atoms with Gasteiger partial charge < -0.3 is 0 Å². The van der Waals surface area contributed by atoms with Crippen LogP contribution in [-0.4, -0.2) is 3.96 Å². The molecular weight excluding hydrogens is 266 g/mol. The standard InChI is InChI=1S/C17H17NOS/c1-2-3-6-13-9-11-14(12-10-13)18-17(19)15-7-4-5-8-16(15)20-18/h4-5,7-12H,2-3,6H2,1H3. The molecule has 0 aliphatic carbocycles. The van der Waals surface area contributed by atoms with Gasteiger partial charge in [-0.15, -0.1) is 0 Å². The van der Waals surface area contributed by atoms with Gasteiger partial charge in [0, 0.05) is 0 Å². The van der Waals surface area contributed by atoms with Crippen molar-refractivity contribution in [2.45, 2.75) is 26.2 Å². The van der Waals surface area contributed by atoms with Crippen LogP contribution in [0, 0.1) is 0 Å². The van der Waals surface area contributed by atoms with Crippen LogP contribution in [0.3, 0.4) is 0 Å². The molecule has 0 bridgehead atoms. The molecule has 3 heteroatoms. The smallest absolute Gasteiger partial charge is 0.267 e. The van der Waals surface area contributed by atoms with Crippen molar-refractivity contribution >= 4 is 21.6 Å². The fraction of sp³-hybridized carbons (Fsp3) is 0.235. The largest absolute Gasteiger partial charge is 0.273 e. The van der Waals surface area contributed by atoms with Gasteiger partial charge in [0.15, 0.2) is 0 Å². The molecule has 0 radical (unpaired) electrons. The van der Waals surface area contributed by atoms with Gasteiger partial charge in [0.05, 0.1) is 15.8 Å². The lowest BCUT2D eigenvalue weighted by molar-refractivity contribution is 0.795. The second-order valence-electron chi connectivity index (χ2n) is 4.96. The van der Waals surface area contributed by atoms with Gasteiger partial charge in [0.2, 0.25) is 0 Å². The summed E-state index contributed by atoms with van der Waals surface area (Å²) in [5.41, 5.74) is 2.37. The molecule has 1 aromatic heterocycles. The monoisotopic (exact) mass is 283 g/mol. The number of nitrogens with zero attached hydrogens (tertiary/aromatic N) is 1. The fourth-order valence-corrected chi connectivity index (χ4v) is 3.32. The zero-order chi connectivity index (χ0) is 13.9. The number of aryl methyl sites for hydroxylation is 1. The maximum atomic E-state index is 12.4. The van der Waals surface area contributed by atoms with E-state index in [2.05, 4.69) is 19.1 Å². The maximum Gasteiger partial charge on any atom is 0.273 e. The number of hydrogen-bond donors (Lipinski definition) is 0. The number of rotatable bonds is 4. The first-order valence-electron chi connectivity index (χ1n) is 7.00. The summed E-state index contributed by atoms with van der Waals surface area (Å²) in [4.78, 5) is 12.4. The minimum absolute atomic E-state index is 0.0758. The van der Waals surface area contributed by atoms with Crippen molar-refractivity contribution in [2.75, 3.05) is 0 Å². The molecule has 0 saturated heterocycles. The van der Waals surface area contributed by atoms with Gasteiger partial charge in [-0.1, -0.05) is 49.1 Å². The first kappa shape index (κ1) is 13.1. The van der Waals surface area contributed by atoms with Crippen molar-refractivity contribution in [3.63, 3.8) is 0 Å². The molecule has 0 unspecified atom stereocenters. The predicted octanol–water partition coefficient (Wildman–Crippen LogP) is 4.39. The summed E-state index contributed by atoms with van der Waals surface area (Å²) in [7, 11) is 0. The first-order chi connectivity index (χ1) is 9.79. The van der Waals surface area contributed by atoms with E-state index in [1.54, 1.807) is 3.96 Å². The van der Waals surface area contributed by atoms with E-state index in [1.807, 2.05) is 36.4 Å². The van der Waals surface area contributed by atoms with Crippen LogP contribution in [0.2, 0.25) is 0 Å². The summed E-state index contributed by atoms with van der Waals surface area (Å²) in [6.45, 7) is 2.20. The highest BCUT2D eigenvalue weighted by atomic mass is 32.1. The number of unbranched alkanes of at least 4 members (excludes halogenated alkanes) is 1. The maximum absolute atomic E-state index is 12.4. The van der Waals surface area contributed by atoms with Gasteiger partial charge in [-0.3, -0.25) is 4.79 Å². The molecule has 3 rings (SSSR count). The van der Waals surface area contributed by atoms with E-state index in [1.165, 1.54) is 29.9 Å². The van der Waals surface area contributed by atoms with Crippen LogP contribution < -0.4 is 5.56 Å². The molecule has 0 saturated carbocycles. The molecular formula is C17H17NOS. The topological polar surface area (TPSA) is 22.0 Å². The Bertz CT molecular complexity index is 768. The Morgan fingerprint density at radius 2 is 1.80 bits per heavy atom. The minimum Gasteiger partial charge on any atom is -0.267 e. The summed E-state index contributed by atoms with van der Waals surface area (Å²) >= 11 is 1.50. The van der Waals surface area contributed by atoms with Crippen LogP contribution in [0.1, 0.15) is 25.3 Å². The molecule has 0 aliphatic rings. The van der Waals surface area contributed by atoms with Gasteiger partial charge in [0.1, 0.15) is 0 Å². The highest BCUT2D eigenvalue weighted by Gasteiger charge is 2.08. The number of hydrogen-bond acceptors (Lipinski definition) is 2. The summed E-state index contributed by atoms with van der Waals surface area (Å²) in [5.74, 6) is 0. The molecule has 0 fully saturated rings. The fourth-order valence-electron chi connectivity index (χ4n) is 2.32. The van der Waals surface area contributed by atoms with Gasteiger partial charge in [0.25, 0.3) is 5.56 Å². The van der Waals surface area contributed by atoms with E-state index in [9.17, 15) is 4.79 Å². The molecule has 2 aromatic carbocycles. The van der Waals surface area contributed by atoms with Crippen molar-refractivity contribution < 1.29 is 0 Å². The lowest BCUT2D eigenvalue weighted by Crippen LogP contribution is -2.10. The van der Waals surface area contributed by atoms with Crippen LogP contribution >= 0.6 is 11.5 Å². The van der Waals surface area contributed by atoms with Crippen molar-refractivity contribution in [1.29, 1.82) is 0 Å². The Hall–Kier alpha value is -1.87. The molecule has 3 aromatic rings. The third-order valence-electron chi connectivity index (χ3n) is 3.48. The quantitative estimate of drug-likeness (QED) is 0.696. The second-order valence-corrected chi connectivity index (χ2v) is 5.94. The first-order valence-corrected chi connectivity index (χ1v) is 7.77. The molecule has 0 atom stereocenters. The Labute approximate surface area is 122 Å². The third kappa shape index (κ3) is 2.41. The van der Waals surface area contributed by atoms with Crippen LogP contribution in [0.5, 0.6) is 0 Å². The zero-order valence-electron chi connectivity index (χ0n) is 11.5. The Balaban J connectivity index is 1.98. The molecule has 0 amide bonds. The van der Waals surface area contributed by atoms with Gasteiger partial charge in [-0.25, -0.2) is 3.96 Å². The van der Waals surface area contributed by atoms with Crippen molar-refractivity contribution in [2.24, 2.45) is 0 Å². The van der Waals surface area contributed by atoms with Gasteiger partial charge in [-0.05, 0) is 42.7 Å². The van der Waals surface area contributed by atoms with Crippen LogP contribution in [0.25, 0.3) is 15.8 Å². The number of fused-ring (bicyclic) bond motifs is 1. The highest BCUT2D eigenvalue weighted by Crippen LogP contribution is 2.20.